The first-order valence-corrected chi connectivity index (χ1v) is 7.94. The summed E-state index contributed by atoms with van der Waals surface area (Å²) in [4.78, 5) is 25.9. The van der Waals surface area contributed by atoms with E-state index in [1.807, 2.05) is 30.3 Å². The molecule has 0 unspecified atom stereocenters. The van der Waals surface area contributed by atoms with E-state index in [-0.39, 0.29) is 24.8 Å². The van der Waals surface area contributed by atoms with Gasteiger partial charge in [0, 0.05) is 26.8 Å². The zero-order valence-corrected chi connectivity index (χ0v) is 14.2. The van der Waals surface area contributed by atoms with E-state index in [2.05, 4.69) is 5.32 Å². The van der Waals surface area contributed by atoms with E-state index in [1.54, 1.807) is 31.2 Å². The average Bonchev–Trinajstić information content (AvgIpc) is 2.60. The van der Waals surface area contributed by atoms with E-state index in [1.165, 1.54) is 0 Å². The van der Waals surface area contributed by atoms with Gasteiger partial charge < -0.3 is 19.7 Å². The van der Waals surface area contributed by atoms with Crippen molar-refractivity contribution in [3.8, 4) is 0 Å². The van der Waals surface area contributed by atoms with Gasteiger partial charge in [-0.05, 0) is 11.6 Å². The van der Waals surface area contributed by atoms with Crippen LogP contribution < -0.4 is 5.32 Å². The van der Waals surface area contributed by atoms with Gasteiger partial charge in [0.05, 0.1) is 26.2 Å². The lowest BCUT2D eigenvalue weighted by Gasteiger charge is -2.41. The van der Waals surface area contributed by atoms with Crippen molar-refractivity contribution >= 4 is 17.9 Å². The number of hydrogen-bond acceptors (Lipinski definition) is 4. The maximum absolute atomic E-state index is 12.5. The van der Waals surface area contributed by atoms with Crippen molar-refractivity contribution in [2.75, 3.05) is 40.5 Å². The van der Waals surface area contributed by atoms with Crippen LogP contribution in [0.3, 0.4) is 0 Å². The predicted molar refractivity (Wildman–Crippen MR) is 91.3 cm³/mol. The Morgan fingerprint density at radius 2 is 2.12 bits per heavy atom. The Morgan fingerprint density at radius 1 is 1.38 bits per heavy atom. The standard InChI is InChI=1S/C18H24N2O4/c1-19-16(21)12-18(14-23-2)13-20(10-11-24-18)17(22)9-8-15-6-4-3-5-7-15/h3-9H,10-14H2,1-2H3,(H,19,21)/b9-8+/t18-/m0/s1. The molecule has 24 heavy (non-hydrogen) atoms. The van der Waals surface area contributed by atoms with Crippen LogP contribution in [0.25, 0.3) is 6.08 Å². The van der Waals surface area contributed by atoms with Crippen LogP contribution in [-0.2, 0) is 19.1 Å². The van der Waals surface area contributed by atoms with Crippen molar-refractivity contribution in [1.29, 1.82) is 0 Å². The minimum Gasteiger partial charge on any atom is -0.382 e. The summed E-state index contributed by atoms with van der Waals surface area (Å²) in [5.74, 6) is -0.235. The third kappa shape index (κ3) is 4.91. The summed E-state index contributed by atoms with van der Waals surface area (Å²) in [5, 5.41) is 2.59. The fourth-order valence-electron chi connectivity index (χ4n) is 2.76. The number of morpholine rings is 1. The molecule has 1 saturated heterocycles. The molecule has 2 amide bonds. The van der Waals surface area contributed by atoms with E-state index >= 15 is 0 Å². The lowest BCUT2D eigenvalue weighted by atomic mass is 9.97. The van der Waals surface area contributed by atoms with Gasteiger partial charge in [-0.1, -0.05) is 30.3 Å². The van der Waals surface area contributed by atoms with Gasteiger partial charge in [-0.3, -0.25) is 9.59 Å². The number of ether oxygens (including phenoxy) is 2. The summed E-state index contributed by atoms with van der Waals surface area (Å²) < 4.78 is 11.0. The number of nitrogens with one attached hydrogen (secondary N) is 1. The zero-order valence-electron chi connectivity index (χ0n) is 14.2. The van der Waals surface area contributed by atoms with Crippen LogP contribution in [0.5, 0.6) is 0 Å². The Bertz CT molecular complexity index is 584. The molecule has 1 aliphatic rings. The second-order valence-corrected chi connectivity index (χ2v) is 5.82. The van der Waals surface area contributed by atoms with Gasteiger partial charge in [0.2, 0.25) is 11.8 Å². The van der Waals surface area contributed by atoms with Crippen LogP contribution in [0.4, 0.5) is 0 Å². The summed E-state index contributed by atoms with van der Waals surface area (Å²) in [6.07, 6.45) is 3.50. The first kappa shape index (κ1) is 18.2. The molecule has 0 saturated carbocycles. The second kappa shape index (κ2) is 8.61. The van der Waals surface area contributed by atoms with Crippen LogP contribution in [-0.4, -0.2) is 62.8 Å². The van der Waals surface area contributed by atoms with Crippen molar-refractivity contribution in [2.45, 2.75) is 12.0 Å². The zero-order chi connectivity index (χ0) is 17.4. The molecule has 2 rings (SSSR count). The van der Waals surface area contributed by atoms with E-state index in [4.69, 9.17) is 9.47 Å². The van der Waals surface area contributed by atoms with Crippen LogP contribution in [0.15, 0.2) is 36.4 Å². The van der Waals surface area contributed by atoms with Crippen molar-refractivity contribution < 1.29 is 19.1 Å². The van der Waals surface area contributed by atoms with E-state index in [9.17, 15) is 9.59 Å². The summed E-state index contributed by atoms with van der Waals surface area (Å²) in [6, 6.07) is 9.64. The molecular formula is C18H24N2O4. The summed E-state index contributed by atoms with van der Waals surface area (Å²) in [6.45, 7) is 1.46. The number of methoxy groups -OCH3 is 1. The first-order chi connectivity index (χ1) is 11.6. The largest absolute Gasteiger partial charge is 0.382 e. The number of rotatable bonds is 6. The minimum absolute atomic E-state index is 0.0977. The molecule has 1 aliphatic heterocycles. The van der Waals surface area contributed by atoms with Crippen molar-refractivity contribution in [2.24, 2.45) is 0 Å². The molecule has 1 aromatic carbocycles. The molecule has 0 spiro atoms. The average molecular weight is 332 g/mol. The minimum atomic E-state index is -0.802. The number of carbonyl (C=O) groups excluding carboxylic acids is 2. The Morgan fingerprint density at radius 3 is 2.79 bits per heavy atom. The SMILES string of the molecule is CNC(=O)C[C@@]1(COC)CN(C(=O)/C=C/c2ccccc2)CCO1. The van der Waals surface area contributed by atoms with Gasteiger partial charge in [-0.25, -0.2) is 0 Å². The number of carbonyl (C=O) groups is 2. The fourth-order valence-corrected chi connectivity index (χ4v) is 2.76. The molecule has 6 nitrogen and oxygen atoms in total. The maximum Gasteiger partial charge on any atom is 0.246 e. The number of amides is 2. The third-order valence-electron chi connectivity index (χ3n) is 3.95. The Balaban J connectivity index is 2.05. The molecule has 1 N–H and O–H groups in total. The van der Waals surface area contributed by atoms with Gasteiger partial charge in [0.1, 0.15) is 5.60 Å². The van der Waals surface area contributed by atoms with Crippen molar-refractivity contribution in [1.82, 2.24) is 10.2 Å². The van der Waals surface area contributed by atoms with Crippen molar-refractivity contribution in [3.63, 3.8) is 0 Å². The van der Waals surface area contributed by atoms with Gasteiger partial charge >= 0.3 is 0 Å². The maximum atomic E-state index is 12.5. The topological polar surface area (TPSA) is 67.9 Å². The van der Waals surface area contributed by atoms with Crippen LogP contribution in [0, 0.1) is 0 Å². The predicted octanol–water partition coefficient (Wildman–Crippen LogP) is 1.08. The lowest BCUT2D eigenvalue weighted by Crippen LogP contribution is -2.57. The molecule has 1 atom stereocenters. The van der Waals surface area contributed by atoms with Gasteiger partial charge in [-0.15, -0.1) is 0 Å². The van der Waals surface area contributed by atoms with Gasteiger partial charge in [0.25, 0.3) is 0 Å². The Labute approximate surface area is 142 Å². The molecule has 0 aliphatic carbocycles. The highest BCUT2D eigenvalue weighted by Crippen LogP contribution is 2.23. The summed E-state index contributed by atoms with van der Waals surface area (Å²) in [5.41, 5.74) is 0.163. The molecule has 0 radical (unpaired) electrons. The Kier molecular flexibility index (Phi) is 6.52. The number of benzene rings is 1. The Hall–Kier alpha value is -2.18. The van der Waals surface area contributed by atoms with Crippen LogP contribution in [0.1, 0.15) is 12.0 Å². The molecule has 6 heteroatoms. The van der Waals surface area contributed by atoms with Crippen LogP contribution in [0.2, 0.25) is 0 Å². The monoisotopic (exact) mass is 332 g/mol. The van der Waals surface area contributed by atoms with E-state index in [0.717, 1.165) is 5.56 Å². The highest BCUT2D eigenvalue weighted by molar-refractivity contribution is 5.92. The third-order valence-corrected chi connectivity index (χ3v) is 3.95. The number of nitrogens with zero attached hydrogens (tertiary/aromatic N) is 1. The summed E-state index contributed by atoms with van der Waals surface area (Å²) in [7, 11) is 3.14. The molecule has 0 bridgehead atoms. The number of hydrogen-bond donors (Lipinski definition) is 1. The molecule has 130 valence electrons. The smallest absolute Gasteiger partial charge is 0.246 e. The summed E-state index contributed by atoms with van der Waals surface area (Å²) >= 11 is 0. The van der Waals surface area contributed by atoms with E-state index in [0.29, 0.717) is 19.7 Å². The van der Waals surface area contributed by atoms with Crippen LogP contribution >= 0.6 is 0 Å². The molecule has 1 heterocycles. The van der Waals surface area contributed by atoms with Gasteiger partial charge in [0.15, 0.2) is 0 Å². The molecular weight excluding hydrogens is 308 g/mol. The van der Waals surface area contributed by atoms with Gasteiger partial charge in [-0.2, -0.15) is 0 Å². The lowest BCUT2D eigenvalue weighted by molar-refractivity contribution is -0.164. The highest BCUT2D eigenvalue weighted by atomic mass is 16.5. The molecule has 1 fully saturated rings. The first-order valence-electron chi connectivity index (χ1n) is 7.94. The quantitative estimate of drug-likeness (QED) is 0.792. The molecule has 1 aromatic rings. The highest BCUT2D eigenvalue weighted by Gasteiger charge is 2.39. The molecule has 0 aromatic heterocycles. The van der Waals surface area contributed by atoms with E-state index < -0.39 is 5.60 Å². The fraction of sp³-hybridized carbons (Fsp3) is 0.444. The second-order valence-electron chi connectivity index (χ2n) is 5.82. The normalized spacial score (nSPS) is 21.0. The van der Waals surface area contributed by atoms with Crippen molar-refractivity contribution in [3.05, 3.63) is 42.0 Å².